The Morgan fingerprint density at radius 3 is 2.49 bits per heavy atom. The van der Waals surface area contributed by atoms with Crippen LogP contribution >= 0.6 is 0 Å². The lowest BCUT2D eigenvalue weighted by Crippen LogP contribution is -2.49. The summed E-state index contributed by atoms with van der Waals surface area (Å²) in [4.78, 5) is 50.8. The zero-order valence-electron chi connectivity index (χ0n) is 20.4. The van der Waals surface area contributed by atoms with E-state index >= 15 is 0 Å². The van der Waals surface area contributed by atoms with Crippen molar-refractivity contribution in [3.63, 3.8) is 0 Å². The highest BCUT2D eigenvalue weighted by atomic mass is 16.5. The molecule has 2 fully saturated rings. The summed E-state index contributed by atoms with van der Waals surface area (Å²) < 4.78 is 11.2. The number of hydrogen-bond donors (Lipinski definition) is 4. The number of carboxylic acids is 1. The van der Waals surface area contributed by atoms with E-state index in [9.17, 15) is 29.4 Å². The summed E-state index contributed by atoms with van der Waals surface area (Å²) in [5, 5.41) is 26.2. The Labute approximate surface area is 211 Å². The fourth-order valence-electron chi connectivity index (χ4n) is 4.95. The molecule has 0 spiro atoms. The number of nitrogens with zero attached hydrogens (tertiary/aromatic N) is 1. The first kappa shape index (κ1) is 24.6. The number of amides is 1. The molecule has 0 radical (unpaired) electrons. The molecule has 11 heteroatoms. The largest absolute Gasteiger partial charge is 0.505 e. The first-order valence-electron chi connectivity index (χ1n) is 12.0. The van der Waals surface area contributed by atoms with Gasteiger partial charge in [-0.1, -0.05) is 13.0 Å². The molecule has 2 aliphatic rings. The second-order valence-corrected chi connectivity index (χ2v) is 9.90. The first-order chi connectivity index (χ1) is 17.6. The number of aryl methyl sites for hydroxylation is 1. The summed E-state index contributed by atoms with van der Waals surface area (Å²) in [5.74, 6) is -0.883. The highest BCUT2D eigenvalue weighted by Crippen LogP contribution is 2.43. The fourth-order valence-corrected chi connectivity index (χ4v) is 4.95. The molecule has 0 saturated carbocycles. The van der Waals surface area contributed by atoms with Gasteiger partial charge in [-0.15, -0.1) is 0 Å². The van der Waals surface area contributed by atoms with Crippen molar-refractivity contribution in [3.05, 3.63) is 67.9 Å². The van der Waals surface area contributed by atoms with E-state index in [0.717, 1.165) is 0 Å². The molecule has 2 atom stereocenters. The topological polar surface area (TPSA) is 158 Å². The van der Waals surface area contributed by atoms with Gasteiger partial charge in [0.15, 0.2) is 5.75 Å². The summed E-state index contributed by atoms with van der Waals surface area (Å²) >= 11 is 0. The zero-order valence-corrected chi connectivity index (χ0v) is 20.4. The maximum absolute atomic E-state index is 13.0. The number of benzene rings is 1. The Hall–Kier alpha value is -4.12. The Morgan fingerprint density at radius 2 is 1.86 bits per heavy atom. The lowest BCUT2D eigenvalue weighted by atomic mass is 9.79. The quantitative estimate of drug-likeness (QED) is 0.263. The van der Waals surface area contributed by atoms with Crippen molar-refractivity contribution in [1.82, 2.24) is 4.90 Å². The average molecular weight is 510 g/mol. The van der Waals surface area contributed by atoms with Gasteiger partial charge >= 0.3 is 5.97 Å². The summed E-state index contributed by atoms with van der Waals surface area (Å²) in [6, 6.07) is 6.54. The molecule has 1 amide bonds. The fraction of sp³-hybridized carbons (Fsp3) is 0.385. The lowest BCUT2D eigenvalue weighted by Gasteiger charge is -2.44. The number of hydrogen-bond acceptors (Lipinski definition) is 9. The van der Waals surface area contributed by atoms with E-state index in [2.05, 4.69) is 10.6 Å². The van der Waals surface area contributed by atoms with Crippen molar-refractivity contribution in [2.24, 2.45) is 5.41 Å². The van der Waals surface area contributed by atoms with Crippen molar-refractivity contribution in [3.8, 4) is 5.75 Å². The number of aromatic hydroxyl groups is 1. The number of carbonyl (C=O) groups is 2. The molecule has 3 heterocycles. The number of ether oxygens (including phenoxy) is 1. The van der Waals surface area contributed by atoms with E-state index in [4.69, 9.17) is 9.15 Å². The SMILES string of the molecule is Cc1ccc([C@H](Nc2c(Nc3cccc(C(=O)N4CCC[C@@H]4C(=O)O)c3O)c(=O)c2=O)C2(C)COC2)o1. The number of carbonyl (C=O) groups excluding carboxylic acids is 1. The Morgan fingerprint density at radius 1 is 1.14 bits per heavy atom. The predicted octanol–water partition coefficient (Wildman–Crippen LogP) is 2.51. The van der Waals surface area contributed by atoms with Crippen LogP contribution in [-0.4, -0.2) is 52.8 Å². The summed E-state index contributed by atoms with van der Waals surface area (Å²) in [7, 11) is 0. The number of para-hydroxylation sites is 1. The smallest absolute Gasteiger partial charge is 0.326 e. The number of furan rings is 1. The second-order valence-electron chi connectivity index (χ2n) is 9.90. The molecule has 4 N–H and O–H groups in total. The zero-order chi connectivity index (χ0) is 26.5. The summed E-state index contributed by atoms with van der Waals surface area (Å²) in [5.41, 5.74) is -1.94. The second kappa shape index (κ2) is 9.07. The summed E-state index contributed by atoms with van der Waals surface area (Å²) in [6.45, 7) is 4.91. The molecule has 5 rings (SSSR count). The Kier molecular flexibility index (Phi) is 6.03. The number of phenols is 1. The van der Waals surface area contributed by atoms with Gasteiger partial charge < -0.3 is 34.9 Å². The number of phenolic OH excluding ortho intramolecular Hbond substituents is 1. The third-order valence-electron chi connectivity index (χ3n) is 7.13. The van der Waals surface area contributed by atoms with Crippen molar-refractivity contribution in [2.75, 3.05) is 30.4 Å². The van der Waals surface area contributed by atoms with Crippen LogP contribution in [0.3, 0.4) is 0 Å². The van der Waals surface area contributed by atoms with E-state index in [1.165, 1.54) is 23.1 Å². The van der Waals surface area contributed by atoms with Crippen LogP contribution < -0.4 is 21.5 Å². The minimum atomic E-state index is -1.11. The molecule has 37 heavy (non-hydrogen) atoms. The van der Waals surface area contributed by atoms with Crippen molar-refractivity contribution >= 4 is 28.9 Å². The van der Waals surface area contributed by atoms with Gasteiger partial charge in [0.25, 0.3) is 16.8 Å². The highest BCUT2D eigenvalue weighted by Gasteiger charge is 2.45. The maximum atomic E-state index is 13.0. The van der Waals surface area contributed by atoms with Gasteiger partial charge in [-0.2, -0.15) is 0 Å². The predicted molar refractivity (Wildman–Crippen MR) is 133 cm³/mol. The van der Waals surface area contributed by atoms with E-state index < -0.39 is 40.6 Å². The van der Waals surface area contributed by atoms with Gasteiger partial charge in [-0.05, 0) is 44.0 Å². The van der Waals surface area contributed by atoms with Gasteiger partial charge in [-0.25, -0.2) is 4.79 Å². The molecular weight excluding hydrogens is 482 g/mol. The van der Waals surface area contributed by atoms with Crippen molar-refractivity contribution < 1.29 is 29.0 Å². The van der Waals surface area contributed by atoms with Crippen LogP contribution in [0.1, 0.15) is 47.7 Å². The molecule has 0 bridgehead atoms. The molecule has 2 aliphatic heterocycles. The lowest BCUT2D eigenvalue weighted by molar-refractivity contribution is -0.141. The van der Waals surface area contributed by atoms with Gasteiger partial charge in [0.05, 0.1) is 30.5 Å². The minimum Gasteiger partial charge on any atom is -0.505 e. The molecule has 0 unspecified atom stereocenters. The maximum Gasteiger partial charge on any atom is 0.326 e. The third kappa shape index (κ3) is 4.14. The van der Waals surface area contributed by atoms with Crippen LogP contribution in [0.2, 0.25) is 0 Å². The standard InChI is InChI=1S/C26H27N3O8/c1-13-8-9-17(37-13)23(26(2)11-36-12-26)28-19-18(21(31)22(19)32)27-15-6-3-5-14(20(15)30)24(33)29-10-4-7-16(29)25(34)35/h3,5-6,8-9,16,23,27-28,30H,4,7,10-12H2,1-2H3,(H,34,35)/t16-,23+/m1/s1. The van der Waals surface area contributed by atoms with Crippen molar-refractivity contribution in [1.29, 1.82) is 0 Å². The third-order valence-corrected chi connectivity index (χ3v) is 7.13. The molecule has 2 saturated heterocycles. The molecule has 2 aromatic carbocycles. The number of carboxylic acid groups (broad SMARTS) is 1. The van der Waals surface area contributed by atoms with Crippen LogP contribution in [-0.2, 0) is 9.53 Å². The van der Waals surface area contributed by atoms with Crippen molar-refractivity contribution in [2.45, 2.75) is 38.8 Å². The Bertz CT molecular complexity index is 1450. The minimum absolute atomic E-state index is 0.0376. The molecule has 0 aliphatic carbocycles. The van der Waals surface area contributed by atoms with E-state index in [-0.39, 0.29) is 34.6 Å². The van der Waals surface area contributed by atoms with E-state index in [1.807, 2.05) is 19.9 Å². The van der Waals surface area contributed by atoms with E-state index in [0.29, 0.717) is 37.6 Å². The number of nitrogens with one attached hydrogen (secondary N) is 2. The first-order valence-corrected chi connectivity index (χ1v) is 12.0. The highest BCUT2D eigenvalue weighted by molar-refractivity contribution is 6.01. The van der Waals surface area contributed by atoms with Crippen LogP contribution in [0.5, 0.6) is 5.75 Å². The van der Waals surface area contributed by atoms with Crippen LogP contribution in [0.15, 0.2) is 44.3 Å². The molecular formula is C26H27N3O8. The van der Waals surface area contributed by atoms with Crippen LogP contribution in [0, 0.1) is 12.3 Å². The molecule has 11 nitrogen and oxygen atoms in total. The normalized spacial score (nSPS) is 19.4. The van der Waals surface area contributed by atoms with Crippen LogP contribution in [0.4, 0.5) is 17.1 Å². The van der Waals surface area contributed by atoms with Gasteiger partial charge in [-0.3, -0.25) is 14.4 Å². The van der Waals surface area contributed by atoms with Gasteiger partial charge in [0.2, 0.25) is 0 Å². The monoisotopic (exact) mass is 509 g/mol. The average Bonchev–Trinajstić information content (AvgIpc) is 3.52. The van der Waals surface area contributed by atoms with Gasteiger partial charge in [0, 0.05) is 12.0 Å². The van der Waals surface area contributed by atoms with E-state index in [1.54, 1.807) is 6.07 Å². The number of rotatable bonds is 8. The molecule has 194 valence electrons. The summed E-state index contributed by atoms with van der Waals surface area (Å²) in [6.07, 6.45) is 0.874. The van der Waals surface area contributed by atoms with Crippen LogP contribution in [0.25, 0.3) is 0 Å². The molecule has 1 aromatic heterocycles. The number of aliphatic carboxylic acids is 1. The number of anilines is 3. The number of likely N-dealkylation sites (tertiary alicyclic amines) is 1. The Balaban J connectivity index is 1.43. The molecule has 3 aromatic rings. The van der Waals surface area contributed by atoms with Gasteiger partial charge in [0.1, 0.15) is 28.9 Å².